The average Bonchev–Trinajstić information content (AvgIpc) is 3.03. The number of rotatable bonds is 2. The summed E-state index contributed by atoms with van der Waals surface area (Å²) in [7, 11) is 0. The van der Waals surface area contributed by atoms with Crippen LogP contribution < -0.4 is 0 Å². The van der Waals surface area contributed by atoms with Crippen LogP contribution in [0.25, 0.3) is 21.8 Å². The minimum Gasteiger partial charge on any atom is -0.335 e. The van der Waals surface area contributed by atoms with Gasteiger partial charge in [0.25, 0.3) is 0 Å². The Morgan fingerprint density at radius 3 is 2.00 bits per heavy atom. The molecule has 3 heteroatoms. The molecule has 0 radical (unpaired) electrons. The fraction of sp³-hybridized carbons (Fsp3) is 0.0588. The number of halogens is 1. The third-order valence-electron chi connectivity index (χ3n) is 3.67. The first kappa shape index (κ1) is 12.2. The molecule has 4 aromatic rings. The van der Waals surface area contributed by atoms with Gasteiger partial charge in [0.1, 0.15) is 0 Å². The largest absolute Gasteiger partial charge is 0.335 e. The summed E-state index contributed by atoms with van der Waals surface area (Å²) < 4.78 is 3.60. The molecule has 2 aromatic heterocycles. The molecule has 2 aromatic carbocycles. The summed E-state index contributed by atoms with van der Waals surface area (Å²) in [5, 5.41) is 4.79. The van der Waals surface area contributed by atoms with Crippen LogP contribution in [0.5, 0.6) is 0 Å². The molecule has 0 bridgehead atoms. The molecule has 1 nitrogen and oxygen atoms in total. The number of fused-ring (bicyclic) bond motifs is 3. The summed E-state index contributed by atoms with van der Waals surface area (Å²) in [6.07, 6.45) is 0. The smallest absolute Gasteiger partial charge is 0.0586 e. The normalized spacial score (nSPS) is 11.4. The minimum atomic E-state index is 0.909. The fourth-order valence-electron chi connectivity index (χ4n) is 2.76. The van der Waals surface area contributed by atoms with E-state index in [4.69, 9.17) is 0 Å². The van der Waals surface area contributed by atoms with Crippen molar-refractivity contribution in [1.29, 1.82) is 0 Å². The van der Waals surface area contributed by atoms with E-state index in [1.807, 2.05) is 0 Å². The van der Waals surface area contributed by atoms with E-state index < -0.39 is 0 Å². The number of benzene rings is 2. The molecule has 0 fully saturated rings. The Bertz CT molecular complexity index is 850. The predicted molar refractivity (Wildman–Crippen MR) is 90.6 cm³/mol. The highest BCUT2D eigenvalue weighted by Crippen LogP contribution is 2.31. The second kappa shape index (κ2) is 4.76. The van der Waals surface area contributed by atoms with Gasteiger partial charge in [-0.15, -0.1) is 11.3 Å². The van der Waals surface area contributed by atoms with Crippen LogP contribution in [0, 0.1) is 0 Å². The van der Waals surface area contributed by atoms with Crippen LogP contribution in [0.3, 0.4) is 0 Å². The summed E-state index contributed by atoms with van der Waals surface area (Å²) in [6.45, 7) is 0.909. The third-order valence-corrected chi connectivity index (χ3v) is 5.58. The van der Waals surface area contributed by atoms with Crippen molar-refractivity contribution in [3.05, 3.63) is 69.3 Å². The molecule has 0 aliphatic carbocycles. The van der Waals surface area contributed by atoms with E-state index >= 15 is 0 Å². The number of hydrogen-bond acceptors (Lipinski definition) is 1. The summed E-state index contributed by atoms with van der Waals surface area (Å²) in [5.74, 6) is 0. The van der Waals surface area contributed by atoms with Gasteiger partial charge in [-0.2, -0.15) is 0 Å². The summed E-state index contributed by atoms with van der Waals surface area (Å²) >= 11 is 5.43. The molecule has 2 heterocycles. The van der Waals surface area contributed by atoms with Gasteiger partial charge in [0.15, 0.2) is 0 Å². The first-order valence-corrected chi connectivity index (χ1v) is 8.20. The van der Waals surface area contributed by atoms with E-state index in [-0.39, 0.29) is 0 Å². The second-order valence-corrected chi connectivity index (χ2v) is 6.67. The third kappa shape index (κ3) is 1.81. The quantitative estimate of drug-likeness (QED) is 0.442. The highest BCUT2D eigenvalue weighted by atomic mass is 79.9. The number of aromatic nitrogens is 1. The molecule has 0 saturated heterocycles. The molecule has 98 valence electrons. The van der Waals surface area contributed by atoms with E-state index in [0.29, 0.717) is 0 Å². The van der Waals surface area contributed by atoms with Gasteiger partial charge >= 0.3 is 0 Å². The van der Waals surface area contributed by atoms with Crippen LogP contribution >= 0.6 is 27.3 Å². The van der Waals surface area contributed by atoms with E-state index in [9.17, 15) is 0 Å². The summed E-state index contributed by atoms with van der Waals surface area (Å²) in [4.78, 5) is 1.36. The maximum absolute atomic E-state index is 3.64. The SMILES string of the molecule is Brc1ccsc1Cn1c2ccccc2c2ccccc21. The Kier molecular flexibility index (Phi) is 2.90. The summed E-state index contributed by atoms with van der Waals surface area (Å²) in [5.41, 5.74) is 2.60. The fourth-order valence-corrected chi connectivity index (χ4v) is 4.22. The van der Waals surface area contributed by atoms with E-state index in [1.54, 1.807) is 11.3 Å². The molecule has 0 N–H and O–H groups in total. The van der Waals surface area contributed by atoms with Crippen LogP contribution in [0.4, 0.5) is 0 Å². The van der Waals surface area contributed by atoms with Crippen molar-refractivity contribution in [2.75, 3.05) is 0 Å². The lowest BCUT2D eigenvalue weighted by Crippen LogP contribution is -1.97. The highest BCUT2D eigenvalue weighted by Gasteiger charge is 2.11. The first-order valence-electron chi connectivity index (χ1n) is 6.52. The zero-order chi connectivity index (χ0) is 13.5. The number of nitrogens with zero attached hydrogens (tertiary/aromatic N) is 1. The molecule has 0 spiro atoms. The van der Waals surface area contributed by atoms with Crippen LogP contribution in [-0.2, 0) is 6.54 Å². The highest BCUT2D eigenvalue weighted by molar-refractivity contribution is 9.10. The molecule has 0 aliphatic heterocycles. The van der Waals surface area contributed by atoms with Crippen molar-refractivity contribution in [2.24, 2.45) is 0 Å². The standard InChI is InChI=1S/C17H12BrNS/c18-14-9-10-20-17(14)11-19-15-7-3-1-5-12(15)13-6-2-4-8-16(13)19/h1-10H,11H2. The van der Waals surface area contributed by atoms with Gasteiger partial charge in [-0.05, 0) is 39.5 Å². The minimum absolute atomic E-state index is 0.909. The zero-order valence-electron chi connectivity index (χ0n) is 10.7. The van der Waals surface area contributed by atoms with Gasteiger partial charge in [-0.3, -0.25) is 0 Å². The van der Waals surface area contributed by atoms with E-state index in [2.05, 4.69) is 80.5 Å². The predicted octanol–water partition coefficient (Wildman–Crippen LogP) is 5.67. The second-order valence-electron chi connectivity index (χ2n) is 4.81. The van der Waals surface area contributed by atoms with E-state index in [1.165, 1.54) is 31.2 Å². The average molecular weight is 342 g/mol. The molecular weight excluding hydrogens is 330 g/mol. The molecule has 0 saturated carbocycles. The Labute approximate surface area is 129 Å². The van der Waals surface area contributed by atoms with Crippen LogP contribution in [0.2, 0.25) is 0 Å². The van der Waals surface area contributed by atoms with Crippen molar-refractivity contribution in [1.82, 2.24) is 4.57 Å². The Balaban J connectivity index is 2.03. The van der Waals surface area contributed by atoms with Crippen LogP contribution in [-0.4, -0.2) is 4.57 Å². The molecule has 4 rings (SSSR count). The van der Waals surface area contributed by atoms with Gasteiger partial charge in [-0.1, -0.05) is 36.4 Å². The van der Waals surface area contributed by atoms with Gasteiger partial charge in [0.05, 0.1) is 6.54 Å². The van der Waals surface area contributed by atoms with Crippen LogP contribution in [0.15, 0.2) is 64.5 Å². The maximum atomic E-state index is 3.64. The lowest BCUT2D eigenvalue weighted by Gasteiger charge is -2.06. The number of thiophene rings is 1. The molecule has 0 amide bonds. The Hall–Kier alpha value is -1.58. The van der Waals surface area contributed by atoms with Gasteiger partial charge in [0.2, 0.25) is 0 Å². The zero-order valence-corrected chi connectivity index (χ0v) is 13.1. The van der Waals surface area contributed by atoms with Crippen molar-refractivity contribution < 1.29 is 0 Å². The van der Waals surface area contributed by atoms with Crippen molar-refractivity contribution in [3.8, 4) is 0 Å². The Morgan fingerprint density at radius 1 is 0.850 bits per heavy atom. The lowest BCUT2D eigenvalue weighted by molar-refractivity contribution is 0.882. The first-order chi connectivity index (χ1) is 9.84. The van der Waals surface area contributed by atoms with Crippen LogP contribution in [0.1, 0.15) is 4.88 Å². The van der Waals surface area contributed by atoms with Crippen molar-refractivity contribution in [2.45, 2.75) is 6.54 Å². The van der Waals surface area contributed by atoms with Gasteiger partial charge < -0.3 is 4.57 Å². The summed E-state index contributed by atoms with van der Waals surface area (Å²) in [6, 6.07) is 19.4. The topological polar surface area (TPSA) is 4.93 Å². The lowest BCUT2D eigenvalue weighted by atomic mass is 10.2. The monoisotopic (exact) mass is 341 g/mol. The van der Waals surface area contributed by atoms with Crippen molar-refractivity contribution >= 4 is 49.1 Å². The maximum Gasteiger partial charge on any atom is 0.0586 e. The molecule has 0 aliphatic rings. The Morgan fingerprint density at radius 2 is 1.45 bits per heavy atom. The molecular formula is C17H12BrNS. The molecule has 0 unspecified atom stereocenters. The van der Waals surface area contributed by atoms with E-state index in [0.717, 1.165) is 6.54 Å². The van der Waals surface area contributed by atoms with Gasteiger partial charge in [-0.25, -0.2) is 0 Å². The number of hydrogen-bond donors (Lipinski definition) is 0. The molecule has 0 atom stereocenters. The van der Waals surface area contributed by atoms with Gasteiger partial charge in [0, 0.05) is 31.2 Å². The molecule has 20 heavy (non-hydrogen) atoms. The number of para-hydroxylation sites is 2. The van der Waals surface area contributed by atoms with Crippen molar-refractivity contribution in [3.63, 3.8) is 0 Å².